The maximum absolute atomic E-state index is 10.8. The monoisotopic (exact) mass is 425 g/mol. The fraction of sp³-hybridized carbons (Fsp3) is 0.179. The van der Waals surface area contributed by atoms with Gasteiger partial charge in [-0.15, -0.1) is 0 Å². The van der Waals surface area contributed by atoms with Crippen LogP contribution in [-0.2, 0) is 13.2 Å². The lowest BCUT2D eigenvalue weighted by atomic mass is 9.94. The maximum Gasteiger partial charge on any atom is 0.150 e. The second-order valence-corrected chi connectivity index (χ2v) is 7.88. The van der Waals surface area contributed by atoms with E-state index in [9.17, 15) is 4.79 Å². The number of hydrogen-bond acceptors (Lipinski definition) is 3. The average Bonchev–Trinajstić information content (AvgIpc) is 3.31. The zero-order valence-electron chi connectivity index (χ0n) is 18.5. The van der Waals surface area contributed by atoms with Gasteiger partial charge in [0.05, 0.1) is 6.54 Å². The molecule has 0 radical (unpaired) electrons. The molecule has 0 aliphatic rings. The minimum Gasteiger partial charge on any atom is -0.492 e. The van der Waals surface area contributed by atoms with E-state index in [0.717, 1.165) is 35.5 Å². The molecule has 4 heteroatoms. The molecule has 0 amide bonds. The summed E-state index contributed by atoms with van der Waals surface area (Å²) < 4.78 is 14.0. The van der Waals surface area contributed by atoms with Crippen LogP contribution >= 0.6 is 0 Å². The van der Waals surface area contributed by atoms with Gasteiger partial charge in [-0.3, -0.25) is 4.79 Å². The Morgan fingerprint density at radius 2 is 1.53 bits per heavy atom. The number of aromatic nitrogens is 1. The fourth-order valence-electron chi connectivity index (χ4n) is 3.88. The molecule has 0 unspecified atom stereocenters. The molecule has 0 saturated heterocycles. The van der Waals surface area contributed by atoms with E-state index < -0.39 is 0 Å². The normalized spacial score (nSPS) is 10.7. The molecule has 1 aromatic heterocycles. The summed E-state index contributed by atoms with van der Waals surface area (Å²) in [6.45, 7) is 6.17. The lowest BCUT2D eigenvalue weighted by molar-refractivity contribution is 0.112. The van der Waals surface area contributed by atoms with E-state index in [0.29, 0.717) is 18.8 Å². The molecule has 0 fully saturated rings. The van der Waals surface area contributed by atoms with Crippen molar-refractivity contribution in [3.05, 3.63) is 107 Å². The van der Waals surface area contributed by atoms with Crippen LogP contribution in [-0.4, -0.2) is 17.5 Å². The third-order valence-corrected chi connectivity index (χ3v) is 5.43. The number of aryl methyl sites for hydroxylation is 2. The van der Waals surface area contributed by atoms with Crippen LogP contribution in [0.2, 0.25) is 0 Å². The molecule has 0 aliphatic heterocycles. The molecule has 0 atom stereocenters. The van der Waals surface area contributed by atoms with Gasteiger partial charge in [0.25, 0.3) is 0 Å². The standard InChI is InChI=1S/C28H27NO3/c1-21-16-27(31-15-14-29-12-3-4-13-29)17-22(2)28(21)25-7-5-6-24(18-25)20-32-26-10-8-23(19-30)9-11-26/h3-13,16-19H,14-15,20H2,1-2H3. The van der Waals surface area contributed by atoms with Crippen molar-refractivity contribution in [2.45, 2.75) is 27.0 Å². The molecule has 3 aromatic carbocycles. The van der Waals surface area contributed by atoms with E-state index in [-0.39, 0.29) is 0 Å². The van der Waals surface area contributed by atoms with Crippen molar-refractivity contribution in [1.82, 2.24) is 4.57 Å². The van der Waals surface area contributed by atoms with Gasteiger partial charge >= 0.3 is 0 Å². The van der Waals surface area contributed by atoms with Gasteiger partial charge in [-0.05, 0) is 96.3 Å². The molecule has 0 aliphatic carbocycles. The van der Waals surface area contributed by atoms with Crippen molar-refractivity contribution in [3.63, 3.8) is 0 Å². The number of carbonyl (C=O) groups excluding carboxylic acids is 1. The molecule has 1 heterocycles. The van der Waals surface area contributed by atoms with Crippen LogP contribution in [0.4, 0.5) is 0 Å². The number of carbonyl (C=O) groups is 1. The molecule has 4 aromatic rings. The van der Waals surface area contributed by atoms with Gasteiger partial charge in [0.2, 0.25) is 0 Å². The highest BCUT2D eigenvalue weighted by Gasteiger charge is 2.10. The molecule has 162 valence electrons. The van der Waals surface area contributed by atoms with Crippen LogP contribution in [0.5, 0.6) is 11.5 Å². The van der Waals surface area contributed by atoms with Gasteiger partial charge in [0, 0.05) is 18.0 Å². The molecule has 0 N–H and O–H groups in total. The summed E-state index contributed by atoms with van der Waals surface area (Å²) >= 11 is 0. The molecular formula is C28H27NO3. The first-order valence-electron chi connectivity index (χ1n) is 10.7. The van der Waals surface area contributed by atoms with E-state index in [2.05, 4.69) is 54.8 Å². The molecule has 0 bridgehead atoms. The summed E-state index contributed by atoms with van der Waals surface area (Å²) in [4.78, 5) is 10.8. The van der Waals surface area contributed by atoms with Crippen molar-refractivity contribution < 1.29 is 14.3 Å². The van der Waals surface area contributed by atoms with Crippen LogP contribution < -0.4 is 9.47 Å². The first-order valence-corrected chi connectivity index (χ1v) is 10.7. The number of hydrogen-bond donors (Lipinski definition) is 0. The Balaban J connectivity index is 1.44. The lowest BCUT2D eigenvalue weighted by Gasteiger charge is -2.15. The number of rotatable bonds is 9. The number of aldehydes is 1. The highest BCUT2D eigenvalue weighted by atomic mass is 16.5. The summed E-state index contributed by atoms with van der Waals surface area (Å²) in [6, 6.07) is 23.8. The maximum atomic E-state index is 10.8. The molecule has 0 saturated carbocycles. The van der Waals surface area contributed by atoms with Crippen molar-refractivity contribution >= 4 is 6.29 Å². The summed E-state index contributed by atoms with van der Waals surface area (Å²) in [5.74, 6) is 1.64. The zero-order chi connectivity index (χ0) is 22.3. The van der Waals surface area contributed by atoms with Crippen molar-refractivity contribution in [1.29, 1.82) is 0 Å². The van der Waals surface area contributed by atoms with E-state index in [1.807, 2.05) is 36.7 Å². The quantitative estimate of drug-likeness (QED) is 0.298. The SMILES string of the molecule is Cc1cc(OCCn2cccc2)cc(C)c1-c1cccc(COc2ccc(C=O)cc2)c1. The Bertz CT molecular complexity index is 1150. The second kappa shape index (κ2) is 10.0. The Morgan fingerprint density at radius 1 is 0.812 bits per heavy atom. The minimum absolute atomic E-state index is 0.465. The second-order valence-electron chi connectivity index (χ2n) is 7.88. The third-order valence-electron chi connectivity index (χ3n) is 5.43. The van der Waals surface area contributed by atoms with E-state index >= 15 is 0 Å². The topological polar surface area (TPSA) is 40.5 Å². The number of benzene rings is 3. The van der Waals surface area contributed by atoms with Gasteiger partial charge in [-0.1, -0.05) is 18.2 Å². The minimum atomic E-state index is 0.465. The zero-order valence-corrected chi connectivity index (χ0v) is 18.5. The van der Waals surface area contributed by atoms with Crippen molar-refractivity contribution in [2.24, 2.45) is 0 Å². The van der Waals surface area contributed by atoms with Gasteiger partial charge < -0.3 is 14.0 Å². The Kier molecular flexibility index (Phi) is 6.71. The molecular weight excluding hydrogens is 398 g/mol. The lowest BCUT2D eigenvalue weighted by Crippen LogP contribution is -2.06. The fourth-order valence-corrected chi connectivity index (χ4v) is 3.88. The summed E-state index contributed by atoms with van der Waals surface area (Å²) in [5, 5.41) is 0. The van der Waals surface area contributed by atoms with Gasteiger partial charge in [-0.2, -0.15) is 0 Å². The Labute approximate surface area is 189 Å². The summed E-state index contributed by atoms with van der Waals surface area (Å²) in [6.07, 6.45) is 4.91. The smallest absolute Gasteiger partial charge is 0.150 e. The van der Waals surface area contributed by atoms with Crippen LogP contribution in [0.1, 0.15) is 27.0 Å². The van der Waals surface area contributed by atoms with Crippen LogP contribution in [0.3, 0.4) is 0 Å². The van der Waals surface area contributed by atoms with E-state index in [4.69, 9.17) is 9.47 Å². The molecule has 4 rings (SSSR count). The predicted octanol–water partition coefficient (Wildman–Crippen LogP) is 6.24. The first-order chi connectivity index (χ1) is 15.6. The van der Waals surface area contributed by atoms with Gasteiger partial charge in [0.15, 0.2) is 0 Å². The highest BCUT2D eigenvalue weighted by molar-refractivity contribution is 5.75. The van der Waals surface area contributed by atoms with E-state index in [1.165, 1.54) is 16.7 Å². The van der Waals surface area contributed by atoms with Crippen LogP contribution in [0.15, 0.2) is 85.2 Å². The van der Waals surface area contributed by atoms with Gasteiger partial charge in [-0.25, -0.2) is 0 Å². The van der Waals surface area contributed by atoms with Gasteiger partial charge in [0.1, 0.15) is 31.0 Å². The highest BCUT2D eigenvalue weighted by Crippen LogP contribution is 2.31. The number of ether oxygens (including phenoxy) is 2. The molecule has 4 nitrogen and oxygen atoms in total. The first kappa shape index (κ1) is 21.4. The van der Waals surface area contributed by atoms with E-state index in [1.54, 1.807) is 12.1 Å². The van der Waals surface area contributed by atoms with Crippen molar-refractivity contribution in [2.75, 3.05) is 6.61 Å². The van der Waals surface area contributed by atoms with Crippen LogP contribution in [0.25, 0.3) is 11.1 Å². The Morgan fingerprint density at radius 3 is 2.22 bits per heavy atom. The summed E-state index contributed by atoms with van der Waals surface area (Å²) in [5.41, 5.74) is 6.48. The number of nitrogens with zero attached hydrogens (tertiary/aromatic N) is 1. The van der Waals surface area contributed by atoms with Crippen LogP contribution in [0, 0.1) is 13.8 Å². The molecule has 0 spiro atoms. The average molecular weight is 426 g/mol. The third kappa shape index (κ3) is 5.27. The largest absolute Gasteiger partial charge is 0.492 e. The summed E-state index contributed by atoms with van der Waals surface area (Å²) in [7, 11) is 0. The molecule has 32 heavy (non-hydrogen) atoms. The van der Waals surface area contributed by atoms with Crippen molar-refractivity contribution in [3.8, 4) is 22.6 Å². The predicted molar refractivity (Wildman–Crippen MR) is 127 cm³/mol. The Hall–Kier alpha value is -3.79.